The molecule has 1 aromatic carbocycles. The van der Waals surface area contributed by atoms with Crippen LogP contribution >= 0.6 is 0 Å². The summed E-state index contributed by atoms with van der Waals surface area (Å²) in [5, 5.41) is 10.7. The summed E-state index contributed by atoms with van der Waals surface area (Å²) < 4.78 is 10.2. The molecule has 0 aliphatic rings. The first-order chi connectivity index (χ1) is 8.61. The first-order valence-corrected chi connectivity index (χ1v) is 5.52. The van der Waals surface area contributed by atoms with E-state index in [1.54, 1.807) is 24.3 Å². The molecule has 0 fully saturated rings. The summed E-state index contributed by atoms with van der Waals surface area (Å²) in [5.74, 6) is -0.0317. The predicted molar refractivity (Wildman–Crippen MR) is 63.9 cm³/mol. The van der Waals surface area contributed by atoms with Gasteiger partial charge in [-0.15, -0.1) is 0 Å². The lowest BCUT2D eigenvalue weighted by atomic mass is 10.3. The summed E-state index contributed by atoms with van der Waals surface area (Å²) in [7, 11) is 0. The van der Waals surface area contributed by atoms with Gasteiger partial charge in [-0.25, -0.2) is 4.79 Å². The number of benzene rings is 1. The predicted octanol–water partition coefficient (Wildman–Crippen LogP) is 1.65. The van der Waals surface area contributed by atoms with E-state index in [1.165, 1.54) is 0 Å². The molecule has 1 amide bonds. The summed E-state index contributed by atoms with van der Waals surface area (Å²) in [6, 6.07) is 6.64. The molecule has 0 aliphatic heterocycles. The zero-order valence-electron chi connectivity index (χ0n) is 10.0. The van der Waals surface area contributed by atoms with Crippen LogP contribution in [-0.2, 0) is 4.79 Å². The molecule has 1 rings (SSSR count). The molecule has 6 nitrogen and oxygen atoms in total. The highest BCUT2D eigenvalue weighted by Gasteiger charge is 2.05. The van der Waals surface area contributed by atoms with Gasteiger partial charge in [0.15, 0.2) is 0 Å². The van der Waals surface area contributed by atoms with Crippen LogP contribution in [-0.4, -0.2) is 30.3 Å². The summed E-state index contributed by atoms with van der Waals surface area (Å²) in [6.07, 6.45) is -0.835. The topological polar surface area (TPSA) is 84.9 Å². The summed E-state index contributed by atoms with van der Waals surface area (Å²) in [5.41, 5.74) is 0. The van der Waals surface area contributed by atoms with Crippen molar-refractivity contribution in [1.29, 1.82) is 0 Å². The molecule has 0 aliphatic carbocycles. The van der Waals surface area contributed by atoms with E-state index in [1.807, 2.05) is 6.92 Å². The Morgan fingerprint density at radius 2 is 2.06 bits per heavy atom. The van der Waals surface area contributed by atoms with Gasteiger partial charge in [-0.3, -0.25) is 4.79 Å². The molecule has 0 heterocycles. The molecule has 0 saturated carbocycles. The largest absolute Gasteiger partial charge is 0.494 e. The van der Waals surface area contributed by atoms with Gasteiger partial charge in [-0.1, -0.05) is 6.07 Å². The SMILES string of the molecule is CCOc1cccc(OC(=O)NCCC(=O)O)c1. The van der Waals surface area contributed by atoms with Crippen molar-refractivity contribution in [2.45, 2.75) is 13.3 Å². The van der Waals surface area contributed by atoms with Crippen molar-refractivity contribution in [3.8, 4) is 11.5 Å². The van der Waals surface area contributed by atoms with Crippen LogP contribution < -0.4 is 14.8 Å². The van der Waals surface area contributed by atoms with E-state index in [9.17, 15) is 9.59 Å². The van der Waals surface area contributed by atoms with E-state index in [0.717, 1.165) is 0 Å². The van der Waals surface area contributed by atoms with Gasteiger partial charge in [0.1, 0.15) is 11.5 Å². The molecule has 6 heteroatoms. The Hall–Kier alpha value is -2.24. The van der Waals surface area contributed by atoms with Gasteiger partial charge in [0.2, 0.25) is 0 Å². The molecular formula is C12H15NO5. The van der Waals surface area contributed by atoms with Crippen molar-refractivity contribution >= 4 is 12.1 Å². The highest BCUT2D eigenvalue weighted by Crippen LogP contribution is 2.19. The summed E-state index contributed by atoms with van der Waals surface area (Å²) in [4.78, 5) is 21.5. The monoisotopic (exact) mass is 253 g/mol. The molecule has 0 saturated heterocycles. The maximum absolute atomic E-state index is 11.3. The van der Waals surface area contributed by atoms with Gasteiger partial charge < -0.3 is 19.9 Å². The lowest BCUT2D eigenvalue weighted by Gasteiger charge is -2.07. The van der Waals surface area contributed by atoms with Crippen LogP contribution in [0.3, 0.4) is 0 Å². The van der Waals surface area contributed by atoms with Crippen molar-refractivity contribution in [2.75, 3.05) is 13.2 Å². The fourth-order valence-corrected chi connectivity index (χ4v) is 1.21. The number of hydrogen-bond donors (Lipinski definition) is 2. The minimum Gasteiger partial charge on any atom is -0.494 e. The maximum Gasteiger partial charge on any atom is 0.412 e. The number of carboxylic acid groups (broad SMARTS) is 1. The molecule has 18 heavy (non-hydrogen) atoms. The Labute approximate surface area is 105 Å². The molecular weight excluding hydrogens is 238 g/mol. The fourth-order valence-electron chi connectivity index (χ4n) is 1.21. The van der Waals surface area contributed by atoms with Crippen LogP contribution in [0.25, 0.3) is 0 Å². The van der Waals surface area contributed by atoms with Crippen LogP contribution in [0.5, 0.6) is 11.5 Å². The number of amides is 1. The quantitative estimate of drug-likeness (QED) is 0.805. The number of carboxylic acids is 1. The molecule has 0 aromatic heterocycles. The van der Waals surface area contributed by atoms with Gasteiger partial charge >= 0.3 is 12.1 Å². The van der Waals surface area contributed by atoms with Crippen LogP contribution in [0, 0.1) is 0 Å². The number of carbonyl (C=O) groups excluding carboxylic acids is 1. The number of ether oxygens (including phenoxy) is 2. The molecule has 1 aromatic rings. The number of rotatable bonds is 6. The average Bonchev–Trinajstić information content (AvgIpc) is 2.29. The Kier molecular flexibility index (Phi) is 5.50. The zero-order chi connectivity index (χ0) is 13.4. The van der Waals surface area contributed by atoms with Crippen LogP contribution in [0.2, 0.25) is 0 Å². The van der Waals surface area contributed by atoms with Gasteiger partial charge in [0, 0.05) is 12.6 Å². The maximum atomic E-state index is 11.3. The third kappa shape index (κ3) is 5.20. The number of carbonyl (C=O) groups is 2. The van der Waals surface area contributed by atoms with Gasteiger partial charge in [0.05, 0.1) is 13.0 Å². The highest BCUT2D eigenvalue weighted by atomic mass is 16.6. The van der Waals surface area contributed by atoms with Gasteiger partial charge in [0.25, 0.3) is 0 Å². The van der Waals surface area contributed by atoms with Crippen LogP contribution in [0.4, 0.5) is 4.79 Å². The van der Waals surface area contributed by atoms with E-state index in [2.05, 4.69) is 5.32 Å². The second-order valence-corrected chi connectivity index (χ2v) is 3.37. The van der Waals surface area contributed by atoms with Crippen LogP contribution in [0.15, 0.2) is 24.3 Å². The Balaban J connectivity index is 2.43. The van der Waals surface area contributed by atoms with E-state index in [4.69, 9.17) is 14.6 Å². The molecule has 0 spiro atoms. The Morgan fingerprint density at radius 1 is 1.33 bits per heavy atom. The summed E-state index contributed by atoms with van der Waals surface area (Å²) >= 11 is 0. The van der Waals surface area contributed by atoms with Crippen molar-refractivity contribution in [2.24, 2.45) is 0 Å². The average molecular weight is 253 g/mol. The van der Waals surface area contributed by atoms with Crippen molar-refractivity contribution in [3.63, 3.8) is 0 Å². The van der Waals surface area contributed by atoms with E-state index in [0.29, 0.717) is 18.1 Å². The van der Waals surface area contributed by atoms with Crippen molar-refractivity contribution < 1.29 is 24.2 Å². The highest BCUT2D eigenvalue weighted by molar-refractivity contribution is 5.72. The third-order valence-electron chi connectivity index (χ3n) is 1.94. The normalized spacial score (nSPS) is 9.61. The standard InChI is InChI=1S/C12H15NO5/c1-2-17-9-4-3-5-10(8-9)18-12(16)13-7-6-11(14)15/h3-5,8H,2,6-7H2,1H3,(H,13,16)(H,14,15). The smallest absolute Gasteiger partial charge is 0.412 e. The van der Waals surface area contributed by atoms with E-state index >= 15 is 0 Å². The number of aliphatic carboxylic acids is 1. The lowest BCUT2D eigenvalue weighted by Crippen LogP contribution is -2.28. The van der Waals surface area contributed by atoms with Gasteiger partial charge in [-0.05, 0) is 19.1 Å². The third-order valence-corrected chi connectivity index (χ3v) is 1.94. The second-order valence-electron chi connectivity index (χ2n) is 3.37. The molecule has 0 radical (unpaired) electrons. The minimum atomic E-state index is -0.978. The molecule has 98 valence electrons. The minimum absolute atomic E-state index is 0.0271. The van der Waals surface area contributed by atoms with Crippen molar-refractivity contribution in [3.05, 3.63) is 24.3 Å². The number of nitrogens with one attached hydrogen (secondary N) is 1. The Morgan fingerprint density at radius 3 is 2.72 bits per heavy atom. The number of hydrogen-bond acceptors (Lipinski definition) is 4. The van der Waals surface area contributed by atoms with E-state index in [-0.39, 0.29) is 13.0 Å². The molecule has 0 atom stereocenters. The Bertz CT molecular complexity index is 419. The zero-order valence-corrected chi connectivity index (χ0v) is 10.0. The fraction of sp³-hybridized carbons (Fsp3) is 0.333. The molecule has 0 bridgehead atoms. The molecule has 0 unspecified atom stereocenters. The van der Waals surface area contributed by atoms with Crippen LogP contribution in [0.1, 0.15) is 13.3 Å². The second kappa shape index (κ2) is 7.16. The first-order valence-electron chi connectivity index (χ1n) is 5.52. The van der Waals surface area contributed by atoms with Gasteiger partial charge in [-0.2, -0.15) is 0 Å². The van der Waals surface area contributed by atoms with E-state index < -0.39 is 12.1 Å². The first kappa shape index (κ1) is 13.8. The lowest BCUT2D eigenvalue weighted by molar-refractivity contribution is -0.136. The summed E-state index contributed by atoms with van der Waals surface area (Å²) in [6.45, 7) is 2.40. The molecule has 2 N–H and O–H groups in total. The van der Waals surface area contributed by atoms with Crippen molar-refractivity contribution in [1.82, 2.24) is 5.32 Å².